The van der Waals surface area contributed by atoms with Gasteiger partial charge in [-0.25, -0.2) is 0 Å². The molecule has 4 heteroatoms. The van der Waals surface area contributed by atoms with Gasteiger partial charge in [-0.15, -0.1) is 0 Å². The monoisotopic (exact) mass is 532 g/mol. The van der Waals surface area contributed by atoms with Crippen molar-refractivity contribution < 1.29 is 14.4 Å². The third-order valence-electron chi connectivity index (χ3n) is 7.77. The van der Waals surface area contributed by atoms with E-state index in [1.165, 1.54) is 11.1 Å². The van der Waals surface area contributed by atoms with E-state index in [2.05, 4.69) is 24.3 Å². The van der Waals surface area contributed by atoms with Gasteiger partial charge in [0.2, 0.25) is 0 Å². The summed E-state index contributed by atoms with van der Waals surface area (Å²) >= 11 is 6.00. The first-order valence-corrected chi connectivity index (χ1v) is 14.5. The van der Waals surface area contributed by atoms with Gasteiger partial charge in [0.25, 0.3) is 0 Å². The third kappa shape index (κ3) is 9.51. The summed E-state index contributed by atoms with van der Waals surface area (Å²) in [4.78, 5) is 40.2. The number of benzene rings is 2. The van der Waals surface area contributed by atoms with Crippen molar-refractivity contribution in [2.45, 2.75) is 78.1 Å². The Kier molecular flexibility index (Phi) is 12.2. The van der Waals surface area contributed by atoms with E-state index in [0.29, 0.717) is 30.7 Å². The fraction of sp³-hybridized carbons (Fsp3) is 0.441. The molecule has 0 N–H and O–H groups in total. The van der Waals surface area contributed by atoms with Crippen molar-refractivity contribution in [1.29, 1.82) is 0 Å². The largest absolute Gasteiger partial charge is 0.299 e. The van der Waals surface area contributed by atoms with Crippen LogP contribution in [0.25, 0.3) is 0 Å². The molecule has 0 aliphatic heterocycles. The van der Waals surface area contributed by atoms with Gasteiger partial charge in [-0.05, 0) is 68.2 Å². The molecular formula is C34H41ClO3. The molecule has 3 nitrogen and oxygen atoms in total. The molecule has 3 unspecified atom stereocenters. The van der Waals surface area contributed by atoms with Crippen molar-refractivity contribution in [2.75, 3.05) is 0 Å². The second kappa shape index (κ2) is 15.6. The Morgan fingerprint density at radius 3 is 2.18 bits per heavy atom. The number of rotatable bonds is 17. The Balaban J connectivity index is 1.68. The SMILES string of the molecule is CCC(=O)C(CCC1=CC=CC1)C(CC(=O)C(C)CCc1ccc(Cl)cc1)C(=O)CCCc1ccccc1. The highest BCUT2D eigenvalue weighted by Crippen LogP contribution is 2.31. The number of carbonyl (C=O) groups excluding carboxylic acids is 3. The molecule has 1 aliphatic rings. The molecule has 0 radical (unpaired) electrons. The lowest BCUT2D eigenvalue weighted by molar-refractivity contribution is -0.136. The summed E-state index contributed by atoms with van der Waals surface area (Å²) in [6, 6.07) is 17.8. The first-order valence-electron chi connectivity index (χ1n) is 14.1. The van der Waals surface area contributed by atoms with Crippen LogP contribution in [-0.4, -0.2) is 17.3 Å². The Labute approximate surface area is 233 Å². The third-order valence-corrected chi connectivity index (χ3v) is 8.02. The lowest BCUT2D eigenvalue weighted by Crippen LogP contribution is -2.33. The van der Waals surface area contributed by atoms with Gasteiger partial charge in [-0.2, -0.15) is 0 Å². The maximum Gasteiger partial charge on any atom is 0.137 e. The van der Waals surface area contributed by atoms with E-state index in [0.717, 1.165) is 37.7 Å². The van der Waals surface area contributed by atoms with Crippen molar-refractivity contribution >= 4 is 29.0 Å². The van der Waals surface area contributed by atoms with E-state index in [9.17, 15) is 14.4 Å². The van der Waals surface area contributed by atoms with Gasteiger partial charge in [0.1, 0.15) is 17.3 Å². The fourth-order valence-electron chi connectivity index (χ4n) is 5.26. The minimum absolute atomic E-state index is 0.0597. The predicted octanol–water partition coefficient (Wildman–Crippen LogP) is 8.34. The molecule has 2 aromatic rings. The molecule has 202 valence electrons. The summed E-state index contributed by atoms with van der Waals surface area (Å²) in [5, 5.41) is 0.697. The van der Waals surface area contributed by atoms with Crippen molar-refractivity contribution in [2.24, 2.45) is 17.8 Å². The minimum atomic E-state index is -0.543. The summed E-state index contributed by atoms with van der Waals surface area (Å²) in [5.74, 6) is -0.888. The topological polar surface area (TPSA) is 51.2 Å². The van der Waals surface area contributed by atoms with E-state index in [1.807, 2.05) is 62.4 Å². The smallest absolute Gasteiger partial charge is 0.137 e. The molecule has 3 rings (SSSR count). The lowest BCUT2D eigenvalue weighted by Gasteiger charge is -2.26. The van der Waals surface area contributed by atoms with Crippen molar-refractivity contribution in [3.63, 3.8) is 0 Å². The van der Waals surface area contributed by atoms with E-state index in [1.54, 1.807) is 0 Å². The predicted molar refractivity (Wildman–Crippen MR) is 156 cm³/mol. The number of ketones is 3. The summed E-state index contributed by atoms with van der Waals surface area (Å²) < 4.78 is 0. The summed E-state index contributed by atoms with van der Waals surface area (Å²) in [6.07, 6.45) is 12.5. The molecule has 0 amide bonds. The Morgan fingerprint density at radius 2 is 1.53 bits per heavy atom. The average molecular weight is 533 g/mol. The fourth-order valence-corrected chi connectivity index (χ4v) is 5.38. The standard InChI is InChI=1S/C34H41ClO3/c1-3-32(36)30(23-20-27-12-7-8-13-27)31(33(37)15-9-14-26-10-5-4-6-11-26)24-34(38)25(2)16-17-28-18-21-29(35)22-19-28/h4-8,10-12,18-19,21-22,25,30-31H,3,9,13-17,20,23-24H2,1-2H3. The Bertz CT molecular complexity index is 1110. The van der Waals surface area contributed by atoms with Gasteiger partial charge in [-0.3, -0.25) is 14.4 Å². The highest BCUT2D eigenvalue weighted by molar-refractivity contribution is 6.30. The highest BCUT2D eigenvalue weighted by atomic mass is 35.5. The van der Waals surface area contributed by atoms with Crippen LogP contribution in [0.5, 0.6) is 0 Å². The number of aryl methyl sites for hydroxylation is 2. The summed E-state index contributed by atoms with van der Waals surface area (Å²) in [6.45, 7) is 3.81. The molecule has 0 heterocycles. The van der Waals surface area contributed by atoms with Gasteiger partial charge in [0.05, 0.1) is 0 Å². The molecule has 0 saturated carbocycles. The van der Waals surface area contributed by atoms with Crippen molar-refractivity contribution in [1.82, 2.24) is 0 Å². The van der Waals surface area contributed by atoms with Crippen LogP contribution in [0, 0.1) is 17.8 Å². The molecule has 0 fully saturated rings. The van der Waals surface area contributed by atoms with Crippen molar-refractivity contribution in [3.8, 4) is 0 Å². The van der Waals surface area contributed by atoms with Crippen LogP contribution < -0.4 is 0 Å². The lowest BCUT2D eigenvalue weighted by atomic mass is 9.75. The quantitative estimate of drug-likeness (QED) is 0.206. The number of carbonyl (C=O) groups is 3. The van der Waals surface area contributed by atoms with E-state index < -0.39 is 11.8 Å². The van der Waals surface area contributed by atoms with E-state index in [4.69, 9.17) is 11.6 Å². The van der Waals surface area contributed by atoms with Gasteiger partial charge >= 0.3 is 0 Å². The molecule has 0 aromatic heterocycles. The maximum absolute atomic E-state index is 13.6. The first kappa shape index (κ1) is 29.8. The van der Waals surface area contributed by atoms with Crippen LogP contribution >= 0.6 is 11.6 Å². The highest BCUT2D eigenvalue weighted by Gasteiger charge is 2.34. The summed E-state index contributed by atoms with van der Waals surface area (Å²) in [5.41, 5.74) is 3.63. The van der Waals surface area contributed by atoms with Crippen molar-refractivity contribution in [3.05, 3.63) is 94.5 Å². The number of hydrogen-bond donors (Lipinski definition) is 0. The van der Waals surface area contributed by atoms with E-state index >= 15 is 0 Å². The zero-order valence-corrected chi connectivity index (χ0v) is 23.6. The number of Topliss-reactive ketones (excluding diaryl/α,β-unsaturated/α-hetero) is 3. The van der Waals surface area contributed by atoms with E-state index in [-0.39, 0.29) is 29.7 Å². The Hall–Kier alpha value is -2.78. The molecule has 0 bridgehead atoms. The number of halogens is 1. The van der Waals surface area contributed by atoms with Crippen LogP contribution in [0.4, 0.5) is 0 Å². The first-order chi connectivity index (χ1) is 18.4. The maximum atomic E-state index is 13.6. The Morgan fingerprint density at radius 1 is 0.816 bits per heavy atom. The second-order valence-electron chi connectivity index (χ2n) is 10.6. The molecule has 0 spiro atoms. The average Bonchev–Trinajstić information content (AvgIpc) is 3.46. The zero-order chi connectivity index (χ0) is 27.3. The number of allylic oxidation sites excluding steroid dienone is 4. The molecule has 0 saturated heterocycles. The summed E-state index contributed by atoms with van der Waals surface area (Å²) in [7, 11) is 0. The van der Waals surface area contributed by atoms with Crippen LogP contribution in [-0.2, 0) is 27.2 Å². The molecule has 3 atom stereocenters. The minimum Gasteiger partial charge on any atom is -0.299 e. The van der Waals surface area contributed by atoms with Gasteiger partial charge in [0.15, 0.2) is 0 Å². The van der Waals surface area contributed by atoms with Gasteiger partial charge < -0.3 is 0 Å². The van der Waals surface area contributed by atoms with Gasteiger partial charge in [0, 0.05) is 42.0 Å². The molecular weight excluding hydrogens is 492 g/mol. The van der Waals surface area contributed by atoms with Crippen LogP contribution in [0.1, 0.15) is 76.3 Å². The van der Waals surface area contributed by atoms with Gasteiger partial charge in [-0.1, -0.05) is 91.7 Å². The van der Waals surface area contributed by atoms with Crippen LogP contribution in [0.15, 0.2) is 78.4 Å². The van der Waals surface area contributed by atoms with Crippen LogP contribution in [0.3, 0.4) is 0 Å². The van der Waals surface area contributed by atoms with Crippen LogP contribution in [0.2, 0.25) is 5.02 Å². The zero-order valence-electron chi connectivity index (χ0n) is 22.8. The normalized spacial score (nSPS) is 15.1. The molecule has 1 aliphatic carbocycles. The molecule has 38 heavy (non-hydrogen) atoms. The number of hydrogen-bond acceptors (Lipinski definition) is 3. The molecule has 2 aromatic carbocycles. The second-order valence-corrected chi connectivity index (χ2v) is 11.0.